The van der Waals surface area contributed by atoms with Gasteiger partial charge in [0.25, 0.3) is 0 Å². The smallest absolute Gasteiger partial charge is 0.225 e. The molecule has 0 fully saturated rings. The number of aromatic nitrogens is 4. The van der Waals surface area contributed by atoms with Gasteiger partial charge in [-0.25, -0.2) is 4.98 Å². The molecule has 28 heavy (non-hydrogen) atoms. The molecule has 0 bridgehead atoms. The number of nitrogens with zero attached hydrogens (tertiary/aromatic N) is 4. The Morgan fingerprint density at radius 3 is 2.64 bits per heavy atom. The van der Waals surface area contributed by atoms with Gasteiger partial charge in [0.15, 0.2) is 11.5 Å². The summed E-state index contributed by atoms with van der Waals surface area (Å²) in [6.07, 6.45) is 5.01. The fraction of sp³-hybridized carbons (Fsp3) is 0.450. The average molecular weight is 382 g/mol. The van der Waals surface area contributed by atoms with Gasteiger partial charge >= 0.3 is 0 Å². The van der Waals surface area contributed by atoms with E-state index in [1.165, 1.54) is 5.56 Å². The molecule has 0 spiro atoms. The number of ether oxygens (including phenoxy) is 2. The molecule has 3 N–H and O–H groups in total. The zero-order chi connectivity index (χ0) is 19.8. The number of benzene rings is 1. The normalized spacial score (nSPS) is 16.2. The SMILES string of the molecule is COc1cc2nc(NC3CCc4cn(C(C)C)nc4C3)nc(N)c2cc1OC. The van der Waals surface area contributed by atoms with Gasteiger partial charge in [0.2, 0.25) is 5.95 Å². The van der Waals surface area contributed by atoms with Crippen LogP contribution in [-0.2, 0) is 12.8 Å². The van der Waals surface area contributed by atoms with Crippen LogP contribution in [0.15, 0.2) is 18.3 Å². The lowest BCUT2D eigenvalue weighted by molar-refractivity contribution is 0.356. The minimum atomic E-state index is 0.222. The molecule has 0 saturated carbocycles. The summed E-state index contributed by atoms with van der Waals surface area (Å²) in [4.78, 5) is 9.09. The molecule has 1 aromatic carbocycles. The maximum atomic E-state index is 6.19. The highest BCUT2D eigenvalue weighted by Crippen LogP contribution is 2.34. The van der Waals surface area contributed by atoms with Crippen LogP contribution in [0.1, 0.15) is 37.6 Å². The monoisotopic (exact) mass is 382 g/mol. The lowest BCUT2D eigenvalue weighted by atomic mass is 9.94. The Morgan fingerprint density at radius 1 is 1.18 bits per heavy atom. The summed E-state index contributed by atoms with van der Waals surface area (Å²) in [6, 6.07) is 4.21. The van der Waals surface area contributed by atoms with E-state index in [4.69, 9.17) is 20.3 Å². The van der Waals surface area contributed by atoms with Crippen molar-refractivity contribution in [3.63, 3.8) is 0 Å². The summed E-state index contributed by atoms with van der Waals surface area (Å²) >= 11 is 0. The third kappa shape index (κ3) is 3.30. The van der Waals surface area contributed by atoms with E-state index in [1.807, 2.05) is 10.7 Å². The first-order valence-corrected chi connectivity index (χ1v) is 9.51. The molecule has 0 amide bonds. The van der Waals surface area contributed by atoms with Crippen LogP contribution in [0.5, 0.6) is 11.5 Å². The highest BCUT2D eigenvalue weighted by Gasteiger charge is 2.23. The first-order valence-electron chi connectivity index (χ1n) is 9.51. The number of fused-ring (bicyclic) bond motifs is 2. The molecular weight excluding hydrogens is 356 g/mol. The van der Waals surface area contributed by atoms with Gasteiger partial charge in [-0.2, -0.15) is 10.1 Å². The number of nitrogen functional groups attached to an aromatic ring is 1. The summed E-state index contributed by atoms with van der Waals surface area (Å²) in [6.45, 7) is 4.28. The van der Waals surface area contributed by atoms with Crippen LogP contribution in [-0.4, -0.2) is 40.0 Å². The molecular formula is C20H26N6O2. The molecule has 4 rings (SSSR count). The number of anilines is 2. The number of aryl methyl sites for hydroxylation is 1. The second-order valence-electron chi connectivity index (χ2n) is 7.42. The van der Waals surface area contributed by atoms with E-state index in [0.29, 0.717) is 34.8 Å². The minimum Gasteiger partial charge on any atom is -0.493 e. The maximum absolute atomic E-state index is 6.19. The topological polar surface area (TPSA) is 100 Å². The van der Waals surface area contributed by atoms with E-state index < -0.39 is 0 Å². The Bertz CT molecular complexity index is 1010. The van der Waals surface area contributed by atoms with Gasteiger partial charge in [-0.3, -0.25) is 4.68 Å². The van der Waals surface area contributed by atoms with E-state index in [0.717, 1.165) is 30.3 Å². The van der Waals surface area contributed by atoms with E-state index in [9.17, 15) is 0 Å². The predicted octanol–water partition coefficient (Wildman–Crippen LogP) is 2.98. The largest absolute Gasteiger partial charge is 0.493 e. The van der Waals surface area contributed by atoms with Crippen LogP contribution in [0, 0.1) is 0 Å². The second-order valence-corrected chi connectivity index (χ2v) is 7.42. The average Bonchev–Trinajstić information content (AvgIpc) is 3.11. The lowest BCUT2D eigenvalue weighted by Crippen LogP contribution is -2.28. The lowest BCUT2D eigenvalue weighted by Gasteiger charge is -2.22. The van der Waals surface area contributed by atoms with Gasteiger partial charge in [0.1, 0.15) is 5.82 Å². The molecule has 0 saturated heterocycles. The second kappa shape index (κ2) is 7.18. The Kier molecular flexibility index (Phi) is 4.70. The van der Waals surface area contributed by atoms with E-state index in [1.54, 1.807) is 20.3 Å². The molecule has 8 heteroatoms. The molecule has 3 aromatic rings. The summed E-state index contributed by atoms with van der Waals surface area (Å²) in [5, 5.41) is 8.91. The number of methoxy groups -OCH3 is 2. The number of hydrogen-bond acceptors (Lipinski definition) is 7. The van der Waals surface area contributed by atoms with E-state index >= 15 is 0 Å². The van der Waals surface area contributed by atoms with Crippen molar-refractivity contribution in [3.8, 4) is 11.5 Å². The molecule has 1 unspecified atom stereocenters. The molecule has 0 aliphatic heterocycles. The molecule has 1 atom stereocenters. The highest BCUT2D eigenvalue weighted by molar-refractivity contribution is 5.91. The zero-order valence-electron chi connectivity index (χ0n) is 16.7. The fourth-order valence-corrected chi connectivity index (χ4v) is 3.63. The van der Waals surface area contributed by atoms with Gasteiger partial charge in [-0.1, -0.05) is 0 Å². The van der Waals surface area contributed by atoms with Crippen molar-refractivity contribution in [2.75, 3.05) is 25.3 Å². The Morgan fingerprint density at radius 2 is 1.93 bits per heavy atom. The number of nitrogens with one attached hydrogen (secondary N) is 1. The standard InChI is InChI=1S/C20H26N6O2/c1-11(2)26-10-12-5-6-13(7-15(12)25-26)22-20-23-16-9-18(28-4)17(27-3)8-14(16)19(21)24-20/h8-11,13H,5-7H2,1-4H3,(H3,21,22,23,24). The number of rotatable bonds is 5. The minimum absolute atomic E-state index is 0.222. The first-order chi connectivity index (χ1) is 13.5. The Balaban J connectivity index is 1.59. The van der Waals surface area contributed by atoms with Crippen LogP contribution in [0.3, 0.4) is 0 Å². The van der Waals surface area contributed by atoms with Crippen LogP contribution >= 0.6 is 0 Å². The van der Waals surface area contributed by atoms with Crippen molar-refractivity contribution in [1.82, 2.24) is 19.7 Å². The van der Waals surface area contributed by atoms with Gasteiger partial charge < -0.3 is 20.5 Å². The molecule has 148 valence electrons. The first kappa shape index (κ1) is 18.3. The van der Waals surface area contributed by atoms with Crippen LogP contribution in [0.4, 0.5) is 11.8 Å². The summed E-state index contributed by atoms with van der Waals surface area (Å²) < 4.78 is 12.8. The van der Waals surface area contributed by atoms with Crippen molar-refractivity contribution in [3.05, 3.63) is 29.6 Å². The molecule has 0 radical (unpaired) electrons. The van der Waals surface area contributed by atoms with Crippen LogP contribution in [0.2, 0.25) is 0 Å². The van der Waals surface area contributed by atoms with Crippen LogP contribution in [0.25, 0.3) is 10.9 Å². The summed E-state index contributed by atoms with van der Waals surface area (Å²) in [5.41, 5.74) is 9.39. The van der Waals surface area contributed by atoms with Crippen molar-refractivity contribution >= 4 is 22.7 Å². The van der Waals surface area contributed by atoms with E-state index in [-0.39, 0.29) is 6.04 Å². The molecule has 1 aliphatic rings. The Labute approximate surface area is 164 Å². The van der Waals surface area contributed by atoms with Gasteiger partial charge in [0.05, 0.1) is 25.4 Å². The van der Waals surface area contributed by atoms with Crippen molar-refractivity contribution in [2.24, 2.45) is 0 Å². The molecule has 8 nitrogen and oxygen atoms in total. The van der Waals surface area contributed by atoms with Crippen molar-refractivity contribution < 1.29 is 9.47 Å². The molecule has 2 heterocycles. The summed E-state index contributed by atoms with van der Waals surface area (Å²) in [5.74, 6) is 2.15. The van der Waals surface area contributed by atoms with Gasteiger partial charge in [-0.05, 0) is 38.3 Å². The Hall–Kier alpha value is -3.03. The van der Waals surface area contributed by atoms with Gasteiger partial charge in [0, 0.05) is 36.2 Å². The number of hydrogen-bond donors (Lipinski definition) is 2. The highest BCUT2D eigenvalue weighted by atomic mass is 16.5. The third-order valence-electron chi connectivity index (χ3n) is 5.19. The quantitative estimate of drug-likeness (QED) is 0.700. The molecule has 1 aliphatic carbocycles. The summed E-state index contributed by atoms with van der Waals surface area (Å²) in [7, 11) is 3.19. The molecule has 2 aromatic heterocycles. The number of nitrogens with two attached hydrogens (primary N) is 1. The third-order valence-corrected chi connectivity index (χ3v) is 5.19. The van der Waals surface area contributed by atoms with E-state index in [2.05, 4.69) is 35.3 Å². The van der Waals surface area contributed by atoms with Crippen molar-refractivity contribution in [1.29, 1.82) is 0 Å². The fourth-order valence-electron chi connectivity index (χ4n) is 3.63. The van der Waals surface area contributed by atoms with Crippen molar-refractivity contribution in [2.45, 2.75) is 45.2 Å². The van der Waals surface area contributed by atoms with Crippen LogP contribution < -0.4 is 20.5 Å². The van der Waals surface area contributed by atoms with Gasteiger partial charge in [-0.15, -0.1) is 0 Å². The zero-order valence-corrected chi connectivity index (χ0v) is 16.7. The maximum Gasteiger partial charge on any atom is 0.225 e. The predicted molar refractivity (Wildman–Crippen MR) is 109 cm³/mol.